The third kappa shape index (κ3) is 2.14. The van der Waals surface area contributed by atoms with Gasteiger partial charge in [0.25, 0.3) is 0 Å². The summed E-state index contributed by atoms with van der Waals surface area (Å²) < 4.78 is 0. The molecule has 4 nitrogen and oxygen atoms in total. The summed E-state index contributed by atoms with van der Waals surface area (Å²) in [6, 6.07) is 2.35. The van der Waals surface area contributed by atoms with Gasteiger partial charge in [-0.15, -0.1) is 0 Å². The maximum atomic E-state index is 8.82. The number of anilines is 1. The lowest BCUT2D eigenvalue weighted by Gasteiger charge is -2.26. The number of nitriles is 1. The highest BCUT2D eigenvalue weighted by Crippen LogP contribution is 2.38. The Hall–Kier alpha value is -0.830. The number of aromatic nitrogens is 1. The molecule has 0 saturated heterocycles. The Bertz CT molecular complexity index is 421. The van der Waals surface area contributed by atoms with E-state index in [2.05, 4.69) is 9.88 Å². The second-order valence-corrected chi connectivity index (χ2v) is 5.32. The predicted octanol–water partition coefficient (Wildman–Crippen LogP) is 1.84. The standard InChI is InChI=1S/C10H13ClN4S/c1-15(7(4-12)6-2-3-6)10-14-9(11)8(5-13)16-10/h6-7H,2-4,12H2,1H3. The normalized spacial score (nSPS) is 16.9. The summed E-state index contributed by atoms with van der Waals surface area (Å²) in [5.41, 5.74) is 5.77. The van der Waals surface area contributed by atoms with Crippen LogP contribution in [-0.4, -0.2) is 24.6 Å². The van der Waals surface area contributed by atoms with E-state index in [-0.39, 0.29) is 0 Å². The third-order valence-corrected chi connectivity index (χ3v) is 4.32. The van der Waals surface area contributed by atoms with Crippen LogP contribution in [-0.2, 0) is 0 Å². The van der Waals surface area contributed by atoms with E-state index < -0.39 is 0 Å². The smallest absolute Gasteiger partial charge is 0.188 e. The molecule has 1 heterocycles. The summed E-state index contributed by atoms with van der Waals surface area (Å²) in [6.07, 6.45) is 2.47. The van der Waals surface area contributed by atoms with Crippen LogP contribution in [0.1, 0.15) is 17.7 Å². The van der Waals surface area contributed by atoms with Gasteiger partial charge in [0.2, 0.25) is 0 Å². The zero-order valence-electron chi connectivity index (χ0n) is 8.98. The summed E-state index contributed by atoms with van der Waals surface area (Å²) in [5.74, 6) is 0.670. The number of thiazole rings is 1. The number of rotatable bonds is 4. The van der Waals surface area contributed by atoms with Gasteiger partial charge >= 0.3 is 0 Å². The SMILES string of the molecule is CN(c1nc(Cl)c(C#N)s1)C(CN)C1CC1. The molecule has 86 valence electrons. The van der Waals surface area contributed by atoms with Crippen molar-refractivity contribution in [1.29, 1.82) is 5.26 Å². The van der Waals surface area contributed by atoms with Crippen molar-refractivity contribution >= 4 is 28.1 Å². The molecule has 0 aliphatic heterocycles. The zero-order valence-corrected chi connectivity index (χ0v) is 10.6. The fourth-order valence-electron chi connectivity index (χ4n) is 1.80. The van der Waals surface area contributed by atoms with Crippen molar-refractivity contribution in [1.82, 2.24) is 4.98 Å². The van der Waals surface area contributed by atoms with Crippen LogP contribution in [0.2, 0.25) is 5.15 Å². The Balaban J connectivity index is 2.19. The average Bonchev–Trinajstić information content (AvgIpc) is 3.02. The molecule has 0 radical (unpaired) electrons. The van der Waals surface area contributed by atoms with E-state index >= 15 is 0 Å². The van der Waals surface area contributed by atoms with Gasteiger partial charge in [0.15, 0.2) is 10.3 Å². The zero-order chi connectivity index (χ0) is 11.7. The lowest BCUT2D eigenvalue weighted by atomic mass is 10.2. The molecule has 2 rings (SSSR count). The average molecular weight is 257 g/mol. The molecule has 16 heavy (non-hydrogen) atoms. The van der Waals surface area contributed by atoms with E-state index in [9.17, 15) is 0 Å². The van der Waals surface area contributed by atoms with Crippen LogP contribution < -0.4 is 10.6 Å². The number of hydrogen-bond donors (Lipinski definition) is 1. The first-order chi connectivity index (χ1) is 7.67. The summed E-state index contributed by atoms with van der Waals surface area (Å²) in [6.45, 7) is 0.611. The van der Waals surface area contributed by atoms with Gasteiger partial charge in [0.1, 0.15) is 10.9 Å². The van der Waals surface area contributed by atoms with Crippen LogP contribution in [0, 0.1) is 17.2 Å². The van der Waals surface area contributed by atoms with Gasteiger partial charge < -0.3 is 10.6 Å². The fraction of sp³-hybridized carbons (Fsp3) is 0.600. The molecule has 1 fully saturated rings. The van der Waals surface area contributed by atoms with Gasteiger partial charge in [-0.3, -0.25) is 0 Å². The van der Waals surface area contributed by atoms with Gasteiger partial charge in [-0.25, -0.2) is 4.98 Å². The van der Waals surface area contributed by atoms with E-state index in [1.165, 1.54) is 24.2 Å². The molecule has 1 atom stereocenters. The van der Waals surface area contributed by atoms with Crippen molar-refractivity contribution < 1.29 is 0 Å². The van der Waals surface area contributed by atoms with Crippen LogP contribution in [0.3, 0.4) is 0 Å². The van der Waals surface area contributed by atoms with Crippen LogP contribution in [0.5, 0.6) is 0 Å². The number of hydrogen-bond acceptors (Lipinski definition) is 5. The molecule has 2 N–H and O–H groups in total. The van der Waals surface area contributed by atoms with Crippen LogP contribution in [0.4, 0.5) is 5.13 Å². The molecule has 1 aromatic rings. The van der Waals surface area contributed by atoms with Crippen molar-refractivity contribution in [3.8, 4) is 6.07 Å². The lowest BCUT2D eigenvalue weighted by Crippen LogP contribution is -2.39. The van der Waals surface area contributed by atoms with E-state index in [1.54, 1.807) is 0 Å². The predicted molar refractivity (Wildman–Crippen MR) is 65.8 cm³/mol. The molecule has 0 bridgehead atoms. The molecular formula is C10H13ClN4S. The van der Waals surface area contributed by atoms with Gasteiger partial charge in [0.05, 0.1) is 0 Å². The Kier molecular flexibility index (Phi) is 3.33. The Labute approximate surface area is 104 Å². The fourth-order valence-corrected chi connectivity index (χ4v) is 2.86. The molecule has 1 aliphatic rings. The summed E-state index contributed by atoms with van der Waals surface area (Å²) >= 11 is 7.17. The maximum Gasteiger partial charge on any atom is 0.188 e. The van der Waals surface area contributed by atoms with Crippen LogP contribution >= 0.6 is 22.9 Å². The molecular weight excluding hydrogens is 244 g/mol. The third-order valence-electron chi connectivity index (χ3n) is 2.88. The first-order valence-electron chi connectivity index (χ1n) is 5.16. The second-order valence-electron chi connectivity index (χ2n) is 3.98. The van der Waals surface area contributed by atoms with Gasteiger partial charge in [0, 0.05) is 19.6 Å². The van der Waals surface area contributed by atoms with E-state index in [0.717, 1.165) is 5.13 Å². The second kappa shape index (κ2) is 4.58. The van der Waals surface area contributed by atoms with Gasteiger partial charge in [-0.1, -0.05) is 22.9 Å². The molecule has 1 unspecified atom stereocenters. The van der Waals surface area contributed by atoms with Gasteiger partial charge in [-0.05, 0) is 18.8 Å². The molecule has 1 saturated carbocycles. The molecule has 0 spiro atoms. The monoisotopic (exact) mass is 256 g/mol. The van der Waals surface area contributed by atoms with Crippen molar-refractivity contribution in [2.24, 2.45) is 11.7 Å². The number of nitrogens with zero attached hydrogens (tertiary/aromatic N) is 3. The quantitative estimate of drug-likeness (QED) is 0.893. The number of halogens is 1. The minimum Gasteiger partial charge on any atom is -0.347 e. The van der Waals surface area contributed by atoms with Crippen molar-refractivity contribution in [3.63, 3.8) is 0 Å². The Morgan fingerprint density at radius 1 is 1.75 bits per heavy atom. The van der Waals surface area contributed by atoms with Crippen molar-refractivity contribution in [3.05, 3.63) is 10.0 Å². The maximum absolute atomic E-state index is 8.82. The van der Waals surface area contributed by atoms with E-state index in [1.807, 2.05) is 13.1 Å². The molecule has 1 aromatic heterocycles. The first kappa shape index (κ1) is 11.6. The topological polar surface area (TPSA) is 65.9 Å². The lowest BCUT2D eigenvalue weighted by molar-refractivity contribution is 0.570. The van der Waals surface area contributed by atoms with E-state index in [4.69, 9.17) is 22.6 Å². The molecule has 0 aromatic carbocycles. The molecule has 1 aliphatic carbocycles. The van der Waals surface area contributed by atoms with E-state index in [0.29, 0.717) is 28.5 Å². The minimum atomic E-state index is 0.293. The van der Waals surface area contributed by atoms with Crippen molar-refractivity contribution in [2.45, 2.75) is 18.9 Å². The van der Waals surface area contributed by atoms with Crippen LogP contribution in [0.25, 0.3) is 0 Å². The minimum absolute atomic E-state index is 0.293. The molecule has 0 amide bonds. The highest BCUT2D eigenvalue weighted by atomic mass is 35.5. The van der Waals surface area contributed by atoms with Crippen molar-refractivity contribution in [2.75, 3.05) is 18.5 Å². The Morgan fingerprint density at radius 2 is 2.44 bits per heavy atom. The summed E-state index contributed by atoms with van der Waals surface area (Å²) in [7, 11) is 1.96. The highest BCUT2D eigenvalue weighted by molar-refractivity contribution is 7.16. The number of likely N-dealkylation sites (N-methyl/N-ethyl adjacent to an activating group) is 1. The highest BCUT2D eigenvalue weighted by Gasteiger charge is 2.34. The van der Waals surface area contributed by atoms with Gasteiger partial charge in [-0.2, -0.15) is 5.26 Å². The number of nitrogens with two attached hydrogens (primary N) is 1. The molecule has 6 heteroatoms. The van der Waals surface area contributed by atoms with Crippen LogP contribution in [0.15, 0.2) is 0 Å². The first-order valence-corrected chi connectivity index (χ1v) is 6.36. The Morgan fingerprint density at radius 3 is 2.88 bits per heavy atom. The largest absolute Gasteiger partial charge is 0.347 e. The summed E-state index contributed by atoms with van der Waals surface area (Å²) in [4.78, 5) is 6.71. The summed E-state index contributed by atoms with van der Waals surface area (Å²) in [5, 5.41) is 9.90.